The van der Waals surface area contributed by atoms with Crippen molar-refractivity contribution in [2.45, 2.75) is 38.1 Å². The molecule has 5 rings (SSSR count). The van der Waals surface area contributed by atoms with Gasteiger partial charge in [0.2, 0.25) is 5.91 Å². The van der Waals surface area contributed by atoms with Gasteiger partial charge in [-0.15, -0.1) is 11.6 Å². The summed E-state index contributed by atoms with van der Waals surface area (Å²) >= 11 is 6.04. The van der Waals surface area contributed by atoms with Crippen molar-refractivity contribution in [1.82, 2.24) is 4.90 Å². The molecule has 1 amide bonds. The number of morpholine rings is 1. The lowest BCUT2D eigenvalue weighted by molar-refractivity contribution is -0.156. The number of carbonyl (C=O) groups is 1. The van der Waals surface area contributed by atoms with Gasteiger partial charge in [-0.05, 0) is 55.8 Å². The van der Waals surface area contributed by atoms with Crippen LogP contribution in [-0.2, 0) is 9.53 Å². The van der Waals surface area contributed by atoms with E-state index in [1.165, 1.54) is 32.1 Å². The average molecular weight is 298 g/mol. The number of halogens is 1. The highest BCUT2D eigenvalue weighted by atomic mass is 35.5. The largest absolute Gasteiger partial charge is 0.377 e. The van der Waals surface area contributed by atoms with Crippen molar-refractivity contribution in [3.05, 3.63) is 0 Å². The molecule has 4 bridgehead atoms. The lowest BCUT2D eigenvalue weighted by Crippen LogP contribution is -2.57. The van der Waals surface area contributed by atoms with E-state index in [1.807, 2.05) is 4.90 Å². The van der Waals surface area contributed by atoms with Crippen LogP contribution in [-0.4, -0.2) is 42.5 Å². The van der Waals surface area contributed by atoms with Gasteiger partial charge in [0.1, 0.15) is 0 Å². The van der Waals surface area contributed by atoms with Crippen molar-refractivity contribution in [1.29, 1.82) is 0 Å². The Morgan fingerprint density at radius 2 is 1.75 bits per heavy atom. The van der Waals surface area contributed by atoms with Crippen LogP contribution >= 0.6 is 11.6 Å². The molecule has 4 aliphatic carbocycles. The van der Waals surface area contributed by atoms with E-state index in [4.69, 9.17) is 16.3 Å². The minimum absolute atomic E-state index is 0.0927. The highest BCUT2D eigenvalue weighted by Crippen LogP contribution is 2.56. The molecule has 20 heavy (non-hydrogen) atoms. The van der Waals surface area contributed by atoms with Crippen molar-refractivity contribution in [3.63, 3.8) is 0 Å². The Labute approximate surface area is 126 Å². The molecule has 0 aromatic heterocycles. The zero-order valence-electron chi connectivity index (χ0n) is 12.0. The van der Waals surface area contributed by atoms with E-state index in [0.717, 1.165) is 18.4 Å². The average Bonchev–Trinajstić information content (AvgIpc) is 2.46. The first-order valence-corrected chi connectivity index (χ1v) is 8.74. The first-order chi connectivity index (χ1) is 9.76. The first kappa shape index (κ1) is 13.4. The highest BCUT2D eigenvalue weighted by Gasteiger charge is 2.52. The summed E-state index contributed by atoms with van der Waals surface area (Å²) in [4.78, 5) is 15.1. The van der Waals surface area contributed by atoms with Gasteiger partial charge in [0.15, 0.2) is 0 Å². The minimum Gasteiger partial charge on any atom is -0.377 e. The first-order valence-electron chi connectivity index (χ1n) is 8.20. The molecule has 3 nitrogen and oxygen atoms in total. The molecule has 4 saturated carbocycles. The quantitative estimate of drug-likeness (QED) is 0.733. The number of hydrogen-bond acceptors (Lipinski definition) is 2. The summed E-state index contributed by atoms with van der Waals surface area (Å²) < 4.78 is 5.48. The number of nitrogens with zero attached hydrogens (tertiary/aromatic N) is 1. The van der Waals surface area contributed by atoms with Crippen LogP contribution in [0.3, 0.4) is 0 Å². The van der Waals surface area contributed by atoms with Gasteiger partial charge >= 0.3 is 0 Å². The number of amides is 1. The summed E-state index contributed by atoms with van der Waals surface area (Å²) in [5.74, 6) is 4.37. The third kappa shape index (κ3) is 2.09. The molecular formula is C16H24ClNO2. The Morgan fingerprint density at radius 1 is 1.10 bits per heavy atom. The van der Waals surface area contributed by atoms with Crippen molar-refractivity contribution >= 4 is 17.5 Å². The maximum absolute atomic E-state index is 13.1. The summed E-state index contributed by atoms with van der Waals surface area (Å²) in [6, 6.07) is 0.0927. The monoisotopic (exact) mass is 297 g/mol. The second kappa shape index (κ2) is 5.17. The highest BCUT2D eigenvalue weighted by molar-refractivity contribution is 6.18. The number of hydrogen-bond donors (Lipinski definition) is 0. The maximum Gasteiger partial charge on any atom is 0.226 e. The fourth-order valence-corrected chi connectivity index (χ4v) is 5.85. The Morgan fingerprint density at radius 3 is 2.35 bits per heavy atom. The van der Waals surface area contributed by atoms with E-state index in [9.17, 15) is 4.79 Å². The predicted molar refractivity (Wildman–Crippen MR) is 77.6 cm³/mol. The predicted octanol–water partition coefficient (Wildman–Crippen LogP) is 2.52. The number of carbonyl (C=O) groups excluding carboxylic acids is 1. The second-order valence-corrected chi connectivity index (χ2v) is 7.68. The Hall–Kier alpha value is -0.280. The van der Waals surface area contributed by atoms with E-state index in [1.54, 1.807) is 0 Å². The van der Waals surface area contributed by atoms with Crippen molar-refractivity contribution in [2.24, 2.45) is 29.6 Å². The maximum atomic E-state index is 13.1. The van der Waals surface area contributed by atoms with E-state index < -0.39 is 0 Å². The van der Waals surface area contributed by atoms with Crippen LogP contribution in [0, 0.1) is 29.6 Å². The molecule has 0 spiro atoms. The smallest absolute Gasteiger partial charge is 0.226 e. The fourth-order valence-electron chi connectivity index (χ4n) is 5.59. The van der Waals surface area contributed by atoms with E-state index in [0.29, 0.717) is 42.8 Å². The fraction of sp³-hybridized carbons (Fsp3) is 0.938. The third-order valence-corrected chi connectivity index (χ3v) is 6.56. The van der Waals surface area contributed by atoms with Gasteiger partial charge < -0.3 is 9.64 Å². The number of rotatable bonds is 2. The molecule has 5 aliphatic rings. The summed E-state index contributed by atoms with van der Waals surface area (Å²) in [5, 5.41) is 0. The van der Waals surface area contributed by atoms with Crippen LogP contribution in [0.5, 0.6) is 0 Å². The van der Waals surface area contributed by atoms with Gasteiger partial charge in [0, 0.05) is 18.3 Å². The summed E-state index contributed by atoms with van der Waals surface area (Å²) in [5.41, 5.74) is 0. The normalized spacial score (nSPS) is 46.8. The molecule has 0 aromatic carbocycles. The van der Waals surface area contributed by atoms with E-state index >= 15 is 0 Å². The number of alkyl halides is 1. The molecule has 1 heterocycles. The van der Waals surface area contributed by atoms with E-state index in [2.05, 4.69) is 0 Å². The van der Waals surface area contributed by atoms with Crippen LogP contribution in [0.15, 0.2) is 0 Å². The summed E-state index contributed by atoms with van der Waals surface area (Å²) in [6.45, 7) is 2.02. The summed E-state index contributed by atoms with van der Waals surface area (Å²) in [7, 11) is 0. The molecule has 4 heteroatoms. The SMILES string of the molecule is O=C(C1C2CC3CC(C2)CC1C3)N1CCOCC1CCl. The molecule has 1 atom stereocenters. The Bertz CT molecular complexity index is 372. The molecule has 1 aliphatic heterocycles. The topological polar surface area (TPSA) is 29.5 Å². The van der Waals surface area contributed by atoms with Crippen LogP contribution in [0.25, 0.3) is 0 Å². The van der Waals surface area contributed by atoms with Gasteiger partial charge in [0.05, 0.1) is 19.3 Å². The minimum atomic E-state index is 0.0927. The third-order valence-electron chi connectivity index (χ3n) is 6.20. The molecule has 0 aromatic rings. The van der Waals surface area contributed by atoms with Crippen LogP contribution in [0.1, 0.15) is 32.1 Å². The number of ether oxygens (including phenoxy) is 1. The van der Waals surface area contributed by atoms with Gasteiger partial charge in [-0.2, -0.15) is 0 Å². The van der Waals surface area contributed by atoms with Crippen molar-refractivity contribution in [3.8, 4) is 0 Å². The lowest BCUT2D eigenvalue weighted by atomic mass is 9.51. The second-order valence-electron chi connectivity index (χ2n) is 7.37. The van der Waals surface area contributed by atoms with E-state index in [-0.39, 0.29) is 6.04 Å². The van der Waals surface area contributed by atoms with Crippen LogP contribution < -0.4 is 0 Å². The van der Waals surface area contributed by atoms with Gasteiger partial charge in [0.25, 0.3) is 0 Å². The molecule has 0 radical (unpaired) electrons. The molecule has 1 saturated heterocycles. The zero-order valence-corrected chi connectivity index (χ0v) is 12.7. The molecule has 5 fully saturated rings. The molecule has 1 unspecified atom stereocenters. The van der Waals surface area contributed by atoms with Gasteiger partial charge in [-0.3, -0.25) is 4.79 Å². The Kier molecular flexibility index (Phi) is 3.46. The molecule has 0 N–H and O–H groups in total. The van der Waals surface area contributed by atoms with Crippen molar-refractivity contribution < 1.29 is 9.53 Å². The standard InChI is InChI=1S/C16H24ClNO2/c17-8-14-9-20-2-1-18(14)16(19)15-12-4-10-3-11(6-12)7-13(15)5-10/h10-15H,1-9H2. The zero-order chi connectivity index (χ0) is 13.7. The van der Waals surface area contributed by atoms with Crippen molar-refractivity contribution in [2.75, 3.05) is 25.6 Å². The van der Waals surface area contributed by atoms with Gasteiger partial charge in [-0.1, -0.05) is 0 Å². The molecule has 112 valence electrons. The van der Waals surface area contributed by atoms with Crippen LogP contribution in [0.2, 0.25) is 0 Å². The summed E-state index contributed by atoms with van der Waals surface area (Å²) in [6.07, 6.45) is 6.66. The lowest BCUT2D eigenvalue weighted by Gasteiger charge is -2.55. The molecular weight excluding hydrogens is 274 g/mol. The van der Waals surface area contributed by atoms with Crippen LogP contribution in [0.4, 0.5) is 0 Å². The Balaban J connectivity index is 1.53. The van der Waals surface area contributed by atoms with Gasteiger partial charge in [-0.25, -0.2) is 0 Å².